The lowest BCUT2D eigenvalue weighted by molar-refractivity contribution is -0.144. The van der Waals surface area contributed by atoms with E-state index in [1.54, 1.807) is 0 Å². The van der Waals surface area contributed by atoms with Crippen molar-refractivity contribution in [3.8, 4) is 0 Å². The number of carbonyl (C=O) groups is 2. The van der Waals surface area contributed by atoms with Crippen molar-refractivity contribution in [3.63, 3.8) is 0 Å². The molecule has 1 unspecified atom stereocenters. The largest absolute Gasteiger partial charge is 0.481 e. The molecule has 1 aliphatic heterocycles. The van der Waals surface area contributed by atoms with E-state index in [2.05, 4.69) is 10.2 Å². The number of hydrogen-bond acceptors (Lipinski definition) is 3. The number of rotatable bonds is 3. The maximum Gasteiger partial charge on any atom is 0.305 e. The number of hydrogen-bond donors (Lipinski definition) is 2. The second-order valence-electron chi connectivity index (χ2n) is 5.29. The van der Waals surface area contributed by atoms with Crippen LogP contribution in [-0.2, 0) is 9.59 Å². The molecule has 1 amide bonds. The van der Waals surface area contributed by atoms with Crippen LogP contribution >= 0.6 is 0 Å². The first-order valence-corrected chi connectivity index (χ1v) is 6.94. The average molecular weight is 254 g/mol. The van der Waals surface area contributed by atoms with Crippen molar-refractivity contribution in [1.82, 2.24) is 10.2 Å². The summed E-state index contributed by atoms with van der Waals surface area (Å²) >= 11 is 0. The lowest BCUT2D eigenvalue weighted by Crippen LogP contribution is -2.58. The smallest absolute Gasteiger partial charge is 0.305 e. The summed E-state index contributed by atoms with van der Waals surface area (Å²) in [6.07, 6.45) is 7.04. The molecule has 2 aliphatic rings. The van der Waals surface area contributed by atoms with Gasteiger partial charge in [-0.25, -0.2) is 0 Å². The molecule has 2 rings (SSSR count). The van der Waals surface area contributed by atoms with Crippen LogP contribution in [0.15, 0.2) is 0 Å². The van der Waals surface area contributed by atoms with Gasteiger partial charge in [0.2, 0.25) is 5.91 Å². The van der Waals surface area contributed by atoms with E-state index in [0.717, 1.165) is 19.4 Å². The third-order valence-electron chi connectivity index (χ3n) is 4.03. The van der Waals surface area contributed by atoms with Gasteiger partial charge < -0.3 is 10.4 Å². The van der Waals surface area contributed by atoms with Crippen LogP contribution in [0.4, 0.5) is 0 Å². The van der Waals surface area contributed by atoms with Crippen LogP contribution in [0, 0.1) is 0 Å². The molecule has 18 heavy (non-hydrogen) atoms. The maximum absolute atomic E-state index is 11.9. The van der Waals surface area contributed by atoms with Crippen molar-refractivity contribution in [2.75, 3.05) is 13.1 Å². The first-order valence-electron chi connectivity index (χ1n) is 6.94. The first-order chi connectivity index (χ1) is 8.68. The SMILES string of the molecule is O=C(O)CC1C(=O)NCCN1C1CCCCCC1. The van der Waals surface area contributed by atoms with Gasteiger partial charge in [0.15, 0.2) is 0 Å². The van der Waals surface area contributed by atoms with Gasteiger partial charge in [0.25, 0.3) is 0 Å². The molecule has 0 radical (unpaired) electrons. The number of carbonyl (C=O) groups excluding carboxylic acids is 1. The van der Waals surface area contributed by atoms with Crippen molar-refractivity contribution >= 4 is 11.9 Å². The van der Waals surface area contributed by atoms with E-state index >= 15 is 0 Å². The van der Waals surface area contributed by atoms with Crippen LogP contribution in [0.25, 0.3) is 0 Å². The maximum atomic E-state index is 11.9. The van der Waals surface area contributed by atoms with E-state index in [-0.39, 0.29) is 12.3 Å². The zero-order chi connectivity index (χ0) is 13.0. The number of piperazine rings is 1. The fraction of sp³-hybridized carbons (Fsp3) is 0.846. The van der Waals surface area contributed by atoms with Gasteiger partial charge in [-0.2, -0.15) is 0 Å². The van der Waals surface area contributed by atoms with Crippen LogP contribution in [0.5, 0.6) is 0 Å². The Balaban J connectivity index is 2.05. The average Bonchev–Trinajstić information content (AvgIpc) is 2.60. The van der Waals surface area contributed by atoms with E-state index in [4.69, 9.17) is 5.11 Å². The minimum Gasteiger partial charge on any atom is -0.481 e. The van der Waals surface area contributed by atoms with Crippen LogP contribution in [0.3, 0.4) is 0 Å². The Morgan fingerprint density at radius 2 is 1.94 bits per heavy atom. The molecule has 1 atom stereocenters. The summed E-state index contributed by atoms with van der Waals surface area (Å²) in [4.78, 5) is 24.9. The third kappa shape index (κ3) is 3.22. The summed E-state index contributed by atoms with van der Waals surface area (Å²) in [5.74, 6) is -1.01. The van der Waals surface area contributed by atoms with Gasteiger partial charge >= 0.3 is 5.97 Å². The number of amides is 1. The van der Waals surface area contributed by atoms with Crippen LogP contribution in [-0.4, -0.2) is 47.1 Å². The molecule has 2 fully saturated rings. The molecule has 0 bridgehead atoms. The van der Waals surface area contributed by atoms with E-state index in [1.807, 2.05) is 0 Å². The zero-order valence-corrected chi connectivity index (χ0v) is 10.7. The number of nitrogens with one attached hydrogen (secondary N) is 1. The fourth-order valence-electron chi connectivity index (χ4n) is 3.13. The molecule has 1 aliphatic carbocycles. The molecule has 0 spiro atoms. The summed E-state index contributed by atoms with van der Waals surface area (Å²) in [6, 6.07) is -0.0813. The Morgan fingerprint density at radius 3 is 2.56 bits per heavy atom. The van der Waals surface area contributed by atoms with Crippen LogP contribution < -0.4 is 5.32 Å². The summed E-state index contributed by atoms with van der Waals surface area (Å²) in [5.41, 5.74) is 0. The molecule has 5 heteroatoms. The molecule has 2 N–H and O–H groups in total. The highest BCUT2D eigenvalue weighted by atomic mass is 16.4. The highest BCUT2D eigenvalue weighted by molar-refractivity contribution is 5.86. The van der Waals surface area contributed by atoms with E-state index in [0.29, 0.717) is 12.6 Å². The molecular formula is C13H22N2O3. The first kappa shape index (κ1) is 13.3. The van der Waals surface area contributed by atoms with Gasteiger partial charge in [0.1, 0.15) is 0 Å². The molecule has 0 aromatic carbocycles. The van der Waals surface area contributed by atoms with Crippen molar-refractivity contribution in [3.05, 3.63) is 0 Å². The van der Waals surface area contributed by atoms with Gasteiger partial charge in [-0.15, -0.1) is 0 Å². The van der Waals surface area contributed by atoms with Crippen LogP contribution in [0.1, 0.15) is 44.9 Å². The highest BCUT2D eigenvalue weighted by Crippen LogP contribution is 2.25. The van der Waals surface area contributed by atoms with Crippen molar-refractivity contribution in [2.24, 2.45) is 0 Å². The topological polar surface area (TPSA) is 69.6 Å². The minimum absolute atomic E-state index is 0.0810. The number of nitrogens with zero attached hydrogens (tertiary/aromatic N) is 1. The van der Waals surface area contributed by atoms with Crippen molar-refractivity contribution < 1.29 is 14.7 Å². The molecule has 102 valence electrons. The summed E-state index contributed by atoms with van der Waals surface area (Å²) in [6.45, 7) is 1.43. The minimum atomic E-state index is -0.893. The molecule has 0 aromatic rings. The Bertz CT molecular complexity index is 311. The summed E-state index contributed by atoms with van der Waals surface area (Å²) in [5, 5.41) is 11.7. The van der Waals surface area contributed by atoms with Gasteiger partial charge in [-0.1, -0.05) is 25.7 Å². The molecule has 1 saturated heterocycles. The van der Waals surface area contributed by atoms with Crippen molar-refractivity contribution in [1.29, 1.82) is 0 Å². The van der Waals surface area contributed by atoms with E-state index in [9.17, 15) is 9.59 Å². The predicted molar refractivity (Wildman–Crippen MR) is 67.2 cm³/mol. The van der Waals surface area contributed by atoms with E-state index in [1.165, 1.54) is 25.7 Å². The second-order valence-corrected chi connectivity index (χ2v) is 5.29. The highest BCUT2D eigenvalue weighted by Gasteiger charge is 2.35. The number of carboxylic acids is 1. The van der Waals surface area contributed by atoms with Gasteiger partial charge in [-0.05, 0) is 12.8 Å². The van der Waals surface area contributed by atoms with Crippen LogP contribution in [0.2, 0.25) is 0 Å². The monoisotopic (exact) mass is 254 g/mol. The van der Waals surface area contributed by atoms with E-state index < -0.39 is 12.0 Å². The quantitative estimate of drug-likeness (QED) is 0.737. The Labute approximate surface area is 108 Å². The van der Waals surface area contributed by atoms with Gasteiger partial charge in [0.05, 0.1) is 12.5 Å². The number of aliphatic carboxylic acids is 1. The predicted octanol–water partition coefficient (Wildman–Crippen LogP) is 0.984. The Morgan fingerprint density at radius 1 is 1.28 bits per heavy atom. The molecule has 5 nitrogen and oxygen atoms in total. The fourth-order valence-corrected chi connectivity index (χ4v) is 3.13. The molecule has 1 heterocycles. The van der Waals surface area contributed by atoms with Crippen molar-refractivity contribution in [2.45, 2.75) is 57.0 Å². The summed E-state index contributed by atoms with van der Waals surface area (Å²) in [7, 11) is 0. The lowest BCUT2D eigenvalue weighted by Gasteiger charge is -2.39. The molecule has 0 aromatic heterocycles. The summed E-state index contributed by atoms with van der Waals surface area (Å²) < 4.78 is 0. The number of carboxylic acid groups (broad SMARTS) is 1. The lowest BCUT2D eigenvalue weighted by atomic mass is 10.0. The zero-order valence-electron chi connectivity index (χ0n) is 10.7. The standard InChI is InChI=1S/C13H22N2O3/c16-12(17)9-11-13(18)14-7-8-15(11)10-5-3-1-2-4-6-10/h10-11H,1-9H2,(H,14,18)(H,16,17). The Kier molecular flexibility index (Phi) is 4.58. The van der Waals surface area contributed by atoms with Gasteiger partial charge in [0, 0.05) is 19.1 Å². The molecule has 1 saturated carbocycles. The Hall–Kier alpha value is -1.10. The molecular weight excluding hydrogens is 232 g/mol. The third-order valence-corrected chi connectivity index (χ3v) is 4.03. The second kappa shape index (κ2) is 6.18. The van der Waals surface area contributed by atoms with Gasteiger partial charge in [-0.3, -0.25) is 14.5 Å². The normalized spacial score (nSPS) is 27.6.